The van der Waals surface area contributed by atoms with Crippen molar-refractivity contribution in [3.63, 3.8) is 0 Å². The molecule has 10 unspecified atom stereocenters. The zero-order valence-corrected chi connectivity index (χ0v) is 16.8. The number of aliphatic hydroxyl groups is 2. The van der Waals surface area contributed by atoms with Gasteiger partial charge in [-0.25, -0.2) is 0 Å². The highest BCUT2D eigenvalue weighted by atomic mass is 16.3. The highest BCUT2D eigenvalue weighted by molar-refractivity contribution is 4.97. The lowest BCUT2D eigenvalue weighted by Gasteiger charge is -2.47. The predicted octanol–water partition coefficient (Wildman–Crippen LogP) is 2.90. The summed E-state index contributed by atoms with van der Waals surface area (Å²) in [5.41, 5.74) is 12.8. The molecule has 0 spiro atoms. The van der Waals surface area contributed by atoms with E-state index < -0.39 is 0 Å². The normalized spacial score (nSPS) is 48.5. The monoisotopic (exact) mass is 354 g/mol. The van der Waals surface area contributed by atoms with Crippen LogP contribution in [0.25, 0.3) is 0 Å². The maximum Gasteiger partial charge on any atom is 0.0721 e. The lowest BCUT2D eigenvalue weighted by molar-refractivity contribution is -0.0359. The van der Waals surface area contributed by atoms with Gasteiger partial charge in [0, 0.05) is 12.1 Å². The quantitative estimate of drug-likeness (QED) is 0.590. The molecule has 0 aromatic carbocycles. The number of aliphatic hydroxyl groups excluding tert-OH is 2. The molecule has 0 aromatic rings. The summed E-state index contributed by atoms with van der Waals surface area (Å²) >= 11 is 0. The highest BCUT2D eigenvalue weighted by Crippen LogP contribution is 2.44. The maximum absolute atomic E-state index is 10.5. The minimum Gasteiger partial charge on any atom is -0.391 e. The minimum atomic E-state index is -0.355. The summed E-state index contributed by atoms with van der Waals surface area (Å²) in [5, 5.41) is 21.1. The lowest BCUT2D eigenvalue weighted by Crippen LogP contribution is -2.54. The van der Waals surface area contributed by atoms with Crippen molar-refractivity contribution in [1.29, 1.82) is 0 Å². The SMILES string of the molecule is CCCC1CC(CC2CC(CCC)C(O)C(N)C2C)C(C)C(N)C1O. The Morgan fingerprint density at radius 3 is 1.40 bits per heavy atom. The van der Waals surface area contributed by atoms with Gasteiger partial charge in [0.2, 0.25) is 0 Å². The van der Waals surface area contributed by atoms with Crippen molar-refractivity contribution in [1.82, 2.24) is 0 Å². The third-order valence-electron chi connectivity index (χ3n) is 7.59. The molecule has 0 aromatic heterocycles. The smallest absolute Gasteiger partial charge is 0.0721 e. The molecule has 2 fully saturated rings. The van der Waals surface area contributed by atoms with Crippen LogP contribution in [0, 0.1) is 35.5 Å². The van der Waals surface area contributed by atoms with Crippen LogP contribution in [0.15, 0.2) is 0 Å². The first-order chi connectivity index (χ1) is 11.8. The standard InChI is InChI=1S/C21H42N2O2/c1-5-7-14-9-16(12(3)18(22)20(14)24)11-17-10-15(8-6-2)21(25)19(23)13(17)4/h12-21,24-25H,5-11,22-23H2,1-4H3. The largest absolute Gasteiger partial charge is 0.391 e. The van der Waals surface area contributed by atoms with Crippen LogP contribution < -0.4 is 11.5 Å². The molecule has 0 radical (unpaired) electrons. The van der Waals surface area contributed by atoms with Crippen LogP contribution in [-0.4, -0.2) is 34.5 Å². The van der Waals surface area contributed by atoms with Gasteiger partial charge in [-0.2, -0.15) is 0 Å². The van der Waals surface area contributed by atoms with Crippen molar-refractivity contribution in [2.45, 2.75) is 96.9 Å². The van der Waals surface area contributed by atoms with E-state index in [1.54, 1.807) is 0 Å². The van der Waals surface area contributed by atoms with Gasteiger partial charge in [0.1, 0.15) is 0 Å². The Bertz CT molecular complexity index is 369. The van der Waals surface area contributed by atoms with E-state index in [-0.39, 0.29) is 24.3 Å². The molecule has 2 aliphatic carbocycles. The van der Waals surface area contributed by atoms with Crippen LogP contribution in [0.1, 0.15) is 72.6 Å². The van der Waals surface area contributed by atoms with E-state index in [4.69, 9.17) is 11.5 Å². The van der Waals surface area contributed by atoms with Crippen molar-refractivity contribution in [3.8, 4) is 0 Å². The molecular weight excluding hydrogens is 312 g/mol. The molecule has 148 valence electrons. The van der Waals surface area contributed by atoms with Crippen molar-refractivity contribution in [3.05, 3.63) is 0 Å². The van der Waals surface area contributed by atoms with Gasteiger partial charge in [-0.15, -0.1) is 0 Å². The van der Waals surface area contributed by atoms with Gasteiger partial charge in [0.05, 0.1) is 12.2 Å². The molecule has 0 saturated heterocycles. The van der Waals surface area contributed by atoms with Gasteiger partial charge in [0.15, 0.2) is 0 Å². The van der Waals surface area contributed by atoms with Crippen LogP contribution in [0.3, 0.4) is 0 Å². The van der Waals surface area contributed by atoms with Gasteiger partial charge in [-0.3, -0.25) is 0 Å². The molecule has 25 heavy (non-hydrogen) atoms. The molecule has 4 nitrogen and oxygen atoms in total. The third-order valence-corrected chi connectivity index (χ3v) is 7.59. The second-order valence-electron chi connectivity index (χ2n) is 9.18. The zero-order valence-electron chi connectivity index (χ0n) is 16.8. The van der Waals surface area contributed by atoms with Crippen LogP contribution in [0.2, 0.25) is 0 Å². The molecule has 2 rings (SSSR count). The van der Waals surface area contributed by atoms with Crippen molar-refractivity contribution in [2.24, 2.45) is 47.0 Å². The zero-order chi connectivity index (χ0) is 18.7. The summed E-state index contributed by atoms with van der Waals surface area (Å²) in [6.07, 6.45) is 6.94. The lowest BCUT2D eigenvalue weighted by atomic mass is 9.62. The van der Waals surface area contributed by atoms with E-state index in [0.29, 0.717) is 35.5 Å². The van der Waals surface area contributed by atoms with Crippen LogP contribution in [0.4, 0.5) is 0 Å². The van der Waals surface area contributed by atoms with E-state index in [1.807, 2.05) is 0 Å². The Morgan fingerprint density at radius 1 is 0.720 bits per heavy atom. The summed E-state index contributed by atoms with van der Waals surface area (Å²) in [4.78, 5) is 0. The third kappa shape index (κ3) is 4.58. The maximum atomic E-state index is 10.5. The average molecular weight is 355 g/mol. The van der Waals surface area contributed by atoms with Gasteiger partial charge >= 0.3 is 0 Å². The van der Waals surface area contributed by atoms with Crippen molar-refractivity contribution < 1.29 is 10.2 Å². The minimum absolute atomic E-state index is 0.111. The topological polar surface area (TPSA) is 92.5 Å². The Balaban J connectivity index is 2.07. The summed E-state index contributed by atoms with van der Waals surface area (Å²) in [6.45, 7) is 8.80. The van der Waals surface area contributed by atoms with E-state index in [0.717, 1.165) is 44.9 Å². The fraction of sp³-hybridized carbons (Fsp3) is 1.00. The first-order valence-corrected chi connectivity index (χ1v) is 10.7. The van der Waals surface area contributed by atoms with Gasteiger partial charge in [-0.1, -0.05) is 40.5 Å². The second-order valence-corrected chi connectivity index (χ2v) is 9.18. The second kappa shape index (κ2) is 9.16. The fourth-order valence-corrected chi connectivity index (χ4v) is 5.69. The number of hydrogen-bond donors (Lipinski definition) is 4. The Labute approximate surface area is 154 Å². The van der Waals surface area contributed by atoms with Gasteiger partial charge < -0.3 is 21.7 Å². The molecule has 4 heteroatoms. The number of nitrogens with two attached hydrogens (primary N) is 2. The Hall–Kier alpha value is -0.160. The summed E-state index contributed by atoms with van der Waals surface area (Å²) in [5.74, 6) is 2.50. The molecular formula is C21H42N2O2. The molecule has 0 aliphatic heterocycles. The van der Waals surface area contributed by atoms with Gasteiger partial charge in [-0.05, 0) is 67.6 Å². The summed E-state index contributed by atoms with van der Waals surface area (Å²) in [7, 11) is 0. The molecule has 2 aliphatic rings. The first kappa shape index (κ1) is 21.1. The molecule has 10 atom stereocenters. The molecule has 2 saturated carbocycles. The molecule has 0 bridgehead atoms. The number of hydrogen-bond acceptors (Lipinski definition) is 4. The van der Waals surface area contributed by atoms with E-state index in [2.05, 4.69) is 27.7 Å². The van der Waals surface area contributed by atoms with Crippen molar-refractivity contribution >= 4 is 0 Å². The van der Waals surface area contributed by atoms with Crippen LogP contribution in [-0.2, 0) is 0 Å². The first-order valence-electron chi connectivity index (χ1n) is 10.7. The van der Waals surface area contributed by atoms with E-state index in [9.17, 15) is 10.2 Å². The molecule has 6 N–H and O–H groups in total. The summed E-state index contributed by atoms with van der Waals surface area (Å²) in [6, 6.07) is -0.222. The van der Waals surface area contributed by atoms with Crippen LogP contribution >= 0.6 is 0 Å². The predicted molar refractivity (Wildman–Crippen MR) is 104 cm³/mol. The highest BCUT2D eigenvalue weighted by Gasteiger charge is 2.44. The van der Waals surface area contributed by atoms with Crippen LogP contribution in [0.5, 0.6) is 0 Å². The van der Waals surface area contributed by atoms with Gasteiger partial charge in [0.25, 0.3) is 0 Å². The van der Waals surface area contributed by atoms with E-state index in [1.165, 1.54) is 0 Å². The average Bonchev–Trinajstić information content (AvgIpc) is 2.59. The van der Waals surface area contributed by atoms with Crippen molar-refractivity contribution in [2.75, 3.05) is 0 Å². The molecule has 0 heterocycles. The Morgan fingerprint density at radius 2 is 1.08 bits per heavy atom. The van der Waals surface area contributed by atoms with E-state index >= 15 is 0 Å². The Kier molecular flexibility index (Phi) is 7.75. The molecule has 0 amide bonds. The summed E-state index contributed by atoms with van der Waals surface area (Å²) < 4.78 is 0. The fourth-order valence-electron chi connectivity index (χ4n) is 5.69. The number of rotatable bonds is 6.